The Kier molecular flexibility index (Phi) is 8.87. The van der Waals surface area contributed by atoms with Crippen LogP contribution in [0.3, 0.4) is 0 Å². The number of anilines is 1. The Morgan fingerprint density at radius 1 is 1.19 bits per heavy atom. The van der Waals surface area contributed by atoms with Crippen molar-refractivity contribution in [3.8, 4) is 17.6 Å². The summed E-state index contributed by atoms with van der Waals surface area (Å²) in [6.45, 7) is 2.30. The van der Waals surface area contributed by atoms with E-state index in [4.69, 9.17) is 21.1 Å². The molecular weight excluding hydrogens is 608 g/mol. The first kappa shape index (κ1) is 27.4. The molecule has 3 rings (SSSR count). The molecule has 36 heavy (non-hydrogen) atoms. The van der Waals surface area contributed by atoms with Gasteiger partial charge in [-0.15, -0.1) is 0 Å². The Labute approximate surface area is 224 Å². The third-order valence-corrected chi connectivity index (χ3v) is 6.23. The molecule has 0 fully saturated rings. The number of hydrogen-bond acceptors (Lipinski definition) is 4. The van der Waals surface area contributed by atoms with E-state index in [-0.39, 0.29) is 16.3 Å². The molecule has 1 amide bonds. The maximum atomic E-state index is 13.0. The fraction of sp³-hybridized carbons (Fsp3) is 0.154. The van der Waals surface area contributed by atoms with E-state index >= 15 is 0 Å². The summed E-state index contributed by atoms with van der Waals surface area (Å²) in [5, 5.41) is 11.7. The van der Waals surface area contributed by atoms with Gasteiger partial charge in [-0.2, -0.15) is 18.4 Å². The Morgan fingerprint density at radius 3 is 2.56 bits per heavy atom. The smallest absolute Gasteiger partial charge is 0.416 e. The number of carbonyl (C=O) groups excluding carboxylic acids is 1. The summed E-state index contributed by atoms with van der Waals surface area (Å²) in [4.78, 5) is 12.7. The average Bonchev–Trinajstić information content (AvgIpc) is 2.83. The first-order valence-electron chi connectivity index (χ1n) is 10.4. The van der Waals surface area contributed by atoms with Gasteiger partial charge in [-0.1, -0.05) is 35.9 Å². The van der Waals surface area contributed by atoms with Gasteiger partial charge in [0.25, 0.3) is 5.91 Å². The van der Waals surface area contributed by atoms with Crippen molar-refractivity contribution in [2.24, 2.45) is 0 Å². The van der Waals surface area contributed by atoms with E-state index in [1.54, 1.807) is 18.2 Å². The van der Waals surface area contributed by atoms with Gasteiger partial charge in [0.1, 0.15) is 18.2 Å². The first-order chi connectivity index (χ1) is 17.0. The molecule has 0 spiro atoms. The van der Waals surface area contributed by atoms with E-state index in [9.17, 15) is 23.2 Å². The maximum absolute atomic E-state index is 13.0. The molecule has 0 bridgehead atoms. The molecule has 0 aromatic heterocycles. The van der Waals surface area contributed by atoms with Gasteiger partial charge in [-0.25, -0.2) is 0 Å². The lowest BCUT2D eigenvalue weighted by molar-refractivity contribution is -0.137. The van der Waals surface area contributed by atoms with Crippen molar-refractivity contribution in [2.75, 3.05) is 12.4 Å². The number of ether oxygens (including phenoxy) is 2. The first-order valence-corrected chi connectivity index (χ1v) is 11.8. The van der Waals surface area contributed by atoms with Crippen LogP contribution < -0.4 is 14.8 Å². The average molecular weight is 627 g/mol. The SMILES string of the molecule is COc1cc(C=C(C#N)C(=O)Nc2cc(C(F)(F)F)ccc2Cl)cc(I)c1OCc1ccccc1C. The molecule has 186 valence electrons. The molecule has 3 aromatic rings. The molecule has 1 N–H and O–H groups in total. The number of aryl methyl sites for hydroxylation is 1. The van der Waals surface area contributed by atoms with Crippen molar-refractivity contribution in [1.29, 1.82) is 5.26 Å². The van der Waals surface area contributed by atoms with Crippen molar-refractivity contribution < 1.29 is 27.4 Å². The van der Waals surface area contributed by atoms with E-state index in [0.29, 0.717) is 33.3 Å². The van der Waals surface area contributed by atoms with E-state index in [0.717, 1.165) is 23.3 Å². The number of nitrogens with one attached hydrogen (secondary N) is 1. The van der Waals surface area contributed by atoms with Crippen LogP contribution in [0.5, 0.6) is 11.5 Å². The van der Waals surface area contributed by atoms with E-state index in [2.05, 4.69) is 27.9 Å². The van der Waals surface area contributed by atoms with Crippen LogP contribution in [0.4, 0.5) is 18.9 Å². The topological polar surface area (TPSA) is 71.3 Å². The van der Waals surface area contributed by atoms with Crippen LogP contribution in [0, 0.1) is 21.8 Å². The Balaban J connectivity index is 1.86. The van der Waals surface area contributed by atoms with Crippen molar-refractivity contribution in [1.82, 2.24) is 0 Å². The number of methoxy groups -OCH3 is 1. The molecule has 5 nitrogen and oxygen atoms in total. The van der Waals surface area contributed by atoms with Crippen molar-refractivity contribution in [3.05, 3.63) is 91.0 Å². The molecule has 0 atom stereocenters. The van der Waals surface area contributed by atoms with E-state index in [1.807, 2.05) is 31.2 Å². The van der Waals surface area contributed by atoms with Crippen LogP contribution in [0.2, 0.25) is 5.02 Å². The number of alkyl halides is 3. The molecule has 0 saturated carbocycles. The van der Waals surface area contributed by atoms with Gasteiger partial charge in [-0.3, -0.25) is 4.79 Å². The minimum absolute atomic E-state index is 0.0972. The zero-order valence-electron chi connectivity index (χ0n) is 19.0. The quantitative estimate of drug-likeness (QED) is 0.169. The van der Waals surface area contributed by atoms with Crippen LogP contribution >= 0.6 is 34.2 Å². The van der Waals surface area contributed by atoms with Gasteiger partial charge in [0.15, 0.2) is 11.5 Å². The summed E-state index contributed by atoms with van der Waals surface area (Å²) in [5.41, 5.74) is 0.971. The minimum Gasteiger partial charge on any atom is -0.493 e. The molecule has 0 radical (unpaired) electrons. The lowest BCUT2D eigenvalue weighted by Gasteiger charge is -2.15. The predicted octanol–water partition coefficient (Wildman–Crippen LogP) is 7.41. The molecular formula is C26H19ClF3IN2O3. The minimum atomic E-state index is -4.62. The summed E-state index contributed by atoms with van der Waals surface area (Å²) in [6.07, 6.45) is -3.32. The molecule has 0 aliphatic rings. The van der Waals surface area contributed by atoms with Crippen molar-refractivity contribution in [3.63, 3.8) is 0 Å². The number of benzene rings is 3. The lowest BCUT2D eigenvalue weighted by atomic mass is 10.1. The standard InChI is InChI=1S/C26H19ClF3IN2O3/c1-15-5-3-4-6-17(15)14-36-24-21(31)10-16(11-23(24)35-2)9-18(13-32)25(34)33-22-12-19(26(28,29)30)7-8-20(22)27/h3-12H,14H2,1-2H3,(H,33,34). The van der Waals surface area contributed by atoms with E-state index < -0.39 is 17.6 Å². The van der Waals surface area contributed by atoms with Gasteiger partial charge in [-0.05, 0) is 82.6 Å². The number of amides is 1. The highest BCUT2D eigenvalue weighted by Crippen LogP contribution is 2.36. The van der Waals surface area contributed by atoms with Gasteiger partial charge < -0.3 is 14.8 Å². The highest BCUT2D eigenvalue weighted by atomic mass is 127. The van der Waals surface area contributed by atoms with Gasteiger partial charge in [0.05, 0.1) is 27.0 Å². The van der Waals surface area contributed by atoms with E-state index in [1.165, 1.54) is 13.2 Å². The second-order valence-corrected chi connectivity index (χ2v) is 9.13. The molecule has 0 saturated heterocycles. The van der Waals surface area contributed by atoms with Gasteiger partial charge in [0.2, 0.25) is 0 Å². The van der Waals surface area contributed by atoms with Gasteiger partial charge >= 0.3 is 6.18 Å². The zero-order chi connectivity index (χ0) is 26.5. The molecule has 0 aliphatic carbocycles. The monoisotopic (exact) mass is 626 g/mol. The summed E-state index contributed by atoms with van der Waals surface area (Å²) in [6, 6.07) is 15.4. The summed E-state index contributed by atoms with van der Waals surface area (Å²) in [7, 11) is 1.47. The summed E-state index contributed by atoms with van der Waals surface area (Å²) < 4.78 is 51.2. The number of rotatable bonds is 7. The second-order valence-electron chi connectivity index (χ2n) is 7.57. The Hall–Kier alpha value is -3.23. The number of carbonyl (C=O) groups is 1. The molecule has 0 aliphatic heterocycles. The highest BCUT2D eigenvalue weighted by molar-refractivity contribution is 14.1. The summed E-state index contributed by atoms with van der Waals surface area (Å²) >= 11 is 8.00. The lowest BCUT2D eigenvalue weighted by Crippen LogP contribution is -2.15. The number of hydrogen-bond donors (Lipinski definition) is 1. The number of nitriles is 1. The number of halogens is 5. The van der Waals surface area contributed by atoms with Crippen LogP contribution in [-0.4, -0.2) is 13.0 Å². The molecule has 0 unspecified atom stereocenters. The third kappa shape index (κ3) is 6.71. The zero-order valence-corrected chi connectivity index (χ0v) is 22.0. The largest absolute Gasteiger partial charge is 0.493 e. The predicted molar refractivity (Wildman–Crippen MR) is 140 cm³/mol. The fourth-order valence-electron chi connectivity index (χ4n) is 3.19. The number of nitrogens with zero attached hydrogens (tertiary/aromatic N) is 1. The summed E-state index contributed by atoms with van der Waals surface area (Å²) in [5.74, 6) is -0.0230. The van der Waals surface area contributed by atoms with Gasteiger partial charge in [0, 0.05) is 0 Å². The Morgan fingerprint density at radius 2 is 1.92 bits per heavy atom. The van der Waals surface area contributed by atoms with Crippen LogP contribution in [0.1, 0.15) is 22.3 Å². The second kappa shape index (κ2) is 11.7. The molecule has 0 heterocycles. The maximum Gasteiger partial charge on any atom is 0.416 e. The van der Waals surface area contributed by atoms with Crippen molar-refractivity contribution in [2.45, 2.75) is 19.7 Å². The van der Waals surface area contributed by atoms with Crippen LogP contribution in [0.25, 0.3) is 6.08 Å². The highest BCUT2D eigenvalue weighted by Gasteiger charge is 2.31. The molecule has 3 aromatic carbocycles. The normalized spacial score (nSPS) is 11.6. The molecule has 10 heteroatoms. The fourth-order valence-corrected chi connectivity index (χ4v) is 4.13. The van der Waals surface area contributed by atoms with Crippen LogP contribution in [-0.2, 0) is 17.6 Å². The third-order valence-electron chi connectivity index (χ3n) is 5.10. The van der Waals surface area contributed by atoms with Crippen LogP contribution in [0.15, 0.2) is 60.2 Å². The van der Waals surface area contributed by atoms with Crippen molar-refractivity contribution >= 4 is 51.9 Å². The Bertz CT molecular complexity index is 1370.